The molecule has 0 radical (unpaired) electrons. The number of carbonyl (C=O) groups is 1. The molecule has 7 nitrogen and oxygen atoms in total. The van der Waals surface area contributed by atoms with Gasteiger partial charge in [0.2, 0.25) is 5.91 Å². The normalized spacial score (nSPS) is 15.6. The fourth-order valence-electron chi connectivity index (χ4n) is 4.21. The number of nitrogens with zero attached hydrogens (tertiary/aromatic N) is 2. The van der Waals surface area contributed by atoms with Crippen LogP contribution in [0.4, 0.5) is 5.69 Å². The third-order valence-electron chi connectivity index (χ3n) is 5.78. The van der Waals surface area contributed by atoms with E-state index >= 15 is 0 Å². The fraction of sp³-hybridized carbons (Fsp3) is 0.304. The summed E-state index contributed by atoms with van der Waals surface area (Å²) in [6.07, 6.45) is 6.32. The summed E-state index contributed by atoms with van der Waals surface area (Å²) in [6.45, 7) is 0. The summed E-state index contributed by atoms with van der Waals surface area (Å²) in [6, 6.07) is 13.0. The minimum atomic E-state index is -0.717. The van der Waals surface area contributed by atoms with Crippen LogP contribution in [0.15, 0.2) is 54.7 Å². The van der Waals surface area contributed by atoms with Crippen LogP contribution in [-0.4, -0.2) is 20.9 Å². The van der Waals surface area contributed by atoms with Crippen LogP contribution < -0.4 is 5.32 Å². The molecule has 1 saturated carbocycles. The molecule has 0 unspecified atom stereocenters. The zero-order valence-corrected chi connectivity index (χ0v) is 16.5. The van der Waals surface area contributed by atoms with Gasteiger partial charge in [0.1, 0.15) is 11.3 Å². The van der Waals surface area contributed by atoms with Gasteiger partial charge in [-0.25, -0.2) is 0 Å². The lowest BCUT2D eigenvalue weighted by atomic mass is 9.87. The van der Waals surface area contributed by atoms with E-state index in [0.717, 1.165) is 37.7 Å². The molecule has 7 heteroatoms. The summed E-state index contributed by atoms with van der Waals surface area (Å²) in [5, 5.41) is 26.0. The Bertz CT molecular complexity index is 1080. The Hall–Kier alpha value is -3.48. The fourth-order valence-corrected chi connectivity index (χ4v) is 4.21. The number of nitro benzene ring substituents is 1. The number of non-ortho nitro benzene ring substituents is 1. The molecular weight excluding hydrogens is 382 g/mol. The average Bonchev–Trinajstić information content (AvgIpc) is 2.79. The summed E-state index contributed by atoms with van der Waals surface area (Å²) in [5.41, 5.74) is 0.998. The van der Waals surface area contributed by atoms with E-state index < -0.39 is 11.0 Å². The van der Waals surface area contributed by atoms with Gasteiger partial charge in [0, 0.05) is 23.7 Å². The van der Waals surface area contributed by atoms with Crippen LogP contribution in [0.2, 0.25) is 0 Å². The molecule has 1 atom stereocenters. The van der Waals surface area contributed by atoms with E-state index in [4.69, 9.17) is 0 Å². The number of benzene rings is 2. The summed E-state index contributed by atoms with van der Waals surface area (Å²) in [5.74, 6) is -0.332. The molecule has 1 aromatic heterocycles. The predicted octanol–water partition coefficient (Wildman–Crippen LogP) is 4.63. The van der Waals surface area contributed by atoms with Gasteiger partial charge >= 0.3 is 0 Å². The van der Waals surface area contributed by atoms with Crippen molar-refractivity contribution in [2.75, 3.05) is 0 Å². The maximum Gasteiger partial charge on any atom is 0.279 e. The number of phenolic OH excluding ortho intramolecular Hbond substituents is 1. The molecule has 3 aromatic rings. The van der Waals surface area contributed by atoms with Gasteiger partial charge < -0.3 is 10.4 Å². The van der Waals surface area contributed by atoms with Gasteiger partial charge in [0.25, 0.3) is 5.69 Å². The van der Waals surface area contributed by atoms with Crippen molar-refractivity contribution in [3.63, 3.8) is 0 Å². The molecule has 1 amide bonds. The number of pyridine rings is 1. The highest BCUT2D eigenvalue weighted by atomic mass is 16.6. The van der Waals surface area contributed by atoms with E-state index in [0.29, 0.717) is 0 Å². The van der Waals surface area contributed by atoms with Crippen LogP contribution in [0.5, 0.6) is 5.75 Å². The van der Waals surface area contributed by atoms with Crippen molar-refractivity contribution in [1.82, 2.24) is 10.3 Å². The molecule has 2 N–H and O–H groups in total. The van der Waals surface area contributed by atoms with Crippen LogP contribution in [0, 0.1) is 16.0 Å². The molecule has 30 heavy (non-hydrogen) atoms. The molecule has 1 aliphatic carbocycles. The van der Waals surface area contributed by atoms with Crippen molar-refractivity contribution < 1.29 is 14.8 Å². The van der Waals surface area contributed by atoms with Crippen LogP contribution >= 0.6 is 0 Å². The number of carbonyl (C=O) groups excluding carboxylic acids is 1. The molecule has 154 valence electrons. The summed E-state index contributed by atoms with van der Waals surface area (Å²) in [4.78, 5) is 28.4. The lowest BCUT2D eigenvalue weighted by Crippen LogP contribution is -2.35. The van der Waals surface area contributed by atoms with E-state index in [-0.39, 0.29) is 39.7 Å². The van der Waals surface area contributed by atoms with E-state index in [1.807, 2.05) is 30.3 Å². The number of nitrogens with one attached hydrogen (secondary N) is 1. The number of aromatic hydroxyl groups is 1. The number of nitro groups is 1. The second-order valence-electron chi connectivity index (χ2n) is 7.68. The maximum atomic E-state index is 13.0. The Balaban J connectivity index is 1.83. The quantitative estimate of drug-likeness (QED) is 0.475. The molecule has 0 aliphatic heterocycles. The second kappa shape index (κ2) is 8.49. The average molecular weight is 405 g/mol. The molecular formula is C23H23N3O4. The van der Waals surface area contributed by atoms with Crippen LogP contribution in [0.25, 0.3) is 10.9 Å². The number of phenols is 1. The van der Waals surface area contributed by atoms with Crippen molar-refractivity contribution in [2.24, 2.45) is 5.92 Å². The largest absolute Gasteiger partial charge is 0.505 e. The Morgan fingerprint density at radius 3 is 2.57 bits per heavy atom. The van der Waals surface area contributed by atoms with Gasteiger partial charge in [0.15, 0.2) is 0 Å². The number of hydrogen-bond acceptors (Lipinski definition) is 5. The zero-order valence-electron chi connectivity index (χ0n) is 16.5. The first-order chi connectivity index (χ1) is 14.6. The Kier molecular flexibility index (Phi) is 5.61. The Morgan fingerprint density at radius 2 is 1.87 bits per heavy atom. The van der Waals surface area contributed by atoms with Crippen molar-refractivity contribution in [1.29, 1.82) is 0 Å². The molecule has 2 aromatic carbocycles. The Morgan fingerprint density at radius 1 is 1.13 bits per heavy atom. The number of rotatable bonds is 5. The van der Waals surface area contributed by atoms with Gasteiger partial charge in [-0.15, -0.1) is 0 Å². The van der Waals surface area contributed by atoms with Crippen molar-refractivity contribution in [2.45, 2.75) is 38.1 Å². The molecule has 1 fully saturated rings. The van der Waals surface area contributed by atoms with Crippen molar-refractivity contribution in [3.05, 3.63) is 76.0 Å². The SMILES string of the molecule is O=C(N[C@@H](c1ccccc1)c1cc([N+](=O)[O-])c2cccnc2c1O)C1CCCCC1. The highest BCUT2D eigenvalue weighted by Crippen LogP contribution is 2.39. The molecule has 0 spiro atoms. The standard InChI is InChI=1S/C23H23N3O4/c27-22-18(14-19(26(29)30)17-12-7-13-24-21(17)22)20(15-8-3-1-4-9-15)25-23(28)16-10-5-2-6-11-16/h1,3-4,7-9,12-14,16,20,27H,2,5-6,10-11H2,(H,25,28)/t20-/m0/s1. The zero-order chi connectivity index (χ0) is 21.1. The van der Waals surface area contributed by atoms with Gasteiger partial charge in [-0.05, 0) is 30.5 Å². The molecule has 0 saturated heterocycles. The number of hydrogen-bond donors (Lipinski definition) is 2. The molecule has 0 bridgehead atoms. The molecule has 4 rings (SSSR count). The van der Waals surface area contributed by atoms with Gasteiger partial charge in [-0.3, -0.25) is 19.9 Å². The topological polar surface area (TPSA) is 105 Å². The first-order valence-corrected chi connectivity index (χ1v) is 10.2. The van der Waals surface area contributed by atoms with Crippen LogP contribution in [-0.2, 0) is 4.79 Å². The maximum absolute atomic E-state index is 13.0. The molecule has 1 aliphatic rings. The van der Waals surface area contributed by atoms with E-state index in [9.17, 15) is 20.0 Å². The summed E-state index contributed by atoms with van der Waals surface area (Å²) >= 11 is 0. The highest BCUT2D eigenvalue weighted by Gasteiger charge is 2.29. The van der Waals surface area contributed by atoms with E-state index in [1.165, 1.54) is 12.3 Å². The summed E-state index contributed by atoms with van der Waals surface area (Å²) in [7, 11) is 0. The first kappa shape index (κ1) is 19.8. The Labute approximate surface area is 173 Å². The smallest absolute Gasteiger partial charge is 0.279 e. The van der Waals surface area contributed by atoms with E-state index in [2.05, 4.69) is 10.3 Å². The minimum Gasteiger partial charge on any atom is -0.505 e. The number of aromatic nitrogens is 1. The van der Waals surface area contributed by atoms with Gasteiger partial charge in [0.05, 0.1) is 16.4 Å². The van der Waals surface area contributed by atoms with E-state index in [1.54, 1.807) is 12.1 Å². The van der Waals surface area contributed by atoms with Crippen LogP contribution in [0.3, 0.4) is 0 Å². The van der Waals surface area contributed by atoms with Crippen molar-refractivity contribution >= 4 is 22.5 Å². The lowest BCUT2D eigenvalue weighted by Gasteiger charge is -2.26. The number of fused-ring (bicyclic) bond motifs is 1. The predicted molar refractivity (Wildman–Crippen MR) is 113 cm³/mol. The minimum absolute atomic E-state index is 0.0827. The van der Waals surface area contributed by atoms with Crippen molar-refractivity contribution in [3.8, 4) is 5.75 Å². The molecule has 1 heterocycles. The van der Waals surface area contributed by atoms with Gasteiger partial charge in [-0.2, -0.15) is 0 Å². The monoisotopic (exact) mass is 405 g/mol. The third-order valence-corrected chi connectivity index (χ3v) is 5.78. The van der Waals surface area contributed by atoms with Gasteiger partial charge in [-0.1, -0.05) is 49.6 Å². The first-order valence-electron chi connectivity index (χ1n) is 10.2. The lowest BCUT2D eigenvalue weighted by molar-refractivity contribution is -0.383. The van der Waals surface area contributed by atoms with Crippen LogP contribution in [0.1, 0.15) is 49.3 Å². The third kappa shape index (κ3) is 3.83. The highest BCUT2D eigenvalue weighted by molar-refractivity contribution is 5.94. The summed E-state index contributed by atoms with van der Waals surface area (Å²) < 4.78 is 0. The second-order valence-corrected chi connectivity index (χ2v) is 7.68. The number of amides is 1.